The second-order valence-corrected chi connectivity index (χ2v) is 4.50. The van der Waals surface area contributed by atoms with Crippen LogP contribution in [0, 0.1) is 29.4 Å². The first-order chi connectivity index (χ1) is 9.21. The Labute approximate surface area is 109 Å². The van der Waals surface area contributed by atoms with Crippen molar-refractivity contribution in [2.75, 3.05) is 18.0 Å². The summed E-state index contributed by atoms with van der Waals surface area (Å²) in [7, 11) is 0. The summed E-state index contributed by atoms with van der Waals surface area (Å²) in [6.07, 6.45) is -4.72. The van der Waals surface area contributed by atoms with Crippen LogP contribution in [0.1, 0.15) is 12.8 Å². The average molecular weight is 302 g/mol. The summed E-state index contributed by atoms with van der Waals surface area (Å²) in [4.78, 5) is 3.03. The molecule has 1 unspecified atom stereocenters. The molecule has 2 heterocycles. The van der Waals surface area contributed by atoms with Crippen molar-refractivity contribution in [1.82, 2.24) is 4.98 Å². The molecule has 9 heteroatoms. The Bertz CT molecular complexity index is 488. The highest BCUT2D eigenvalue weighted by atomic mass is 19.4. The van der Waals surface area contributed by atoms with Gasteiger partial charge in [0.2, 0.25) is 11.6 Å². The fourth-order valence-electron chi connectivity index (χ4n) is 2.20. The van der Waals surface area contributed by atoms with E-state index in [2.05, 4.69) is 4.98 Å². The molecule has 0 saturated carbocycles. The molecular formula is C11H9F7N2. The van der Waals surface area contributed by atoms with Gasteiger partial charge in [0, 0.05) is 13.1 Å². The monoisotopic (exact) mass is 302 g/mol. The van der Waals surface area contributed by atoms with Crippen LogP contribution in [0.5, 0.6) is 0 Å². The molecule has 112 valence electrons. The van der Waals surface area contributed by atoms with Gasteiger partial charge in [0.05, 0.1) is 5.92 Å². The van der Waals surface area contributed by atoms with Crippen molar-refractivity contribution in [1.29, 1.82) is 0 Å². The van der Waals surface area contributed by atoms with E-state index in [0.29, 0.717) is 4.90 Å². The molecule has 0 aromatic carbocycles. The Morgan fingerprint density at radius 2 is 1.55 bits per heavy atom. The van der Waals surface area contributed by atoms with Crippen LogP contribution >= 0.6 is 0 Å². The lowest BCUT2D eigenvalue weighted by molar-refractivity contribution is -0.176. The van der Waals surface area contributed by atoms with E-state index >= 15 is 0 Å². The quantitative estimate of drug-likeness (QED) is 0.584. The summed E-state index contributed by atoms with van der Waals surface area (Å²) in [6.45, 7) is -0.871. The highest BCUT2D eigenvalue weighted by molar-refractivity contribution is 5.49. The molecule has 1 fully saturated rings. The number of hydrogen-bond acceptors (Lipinski definition) is 2. The van der Waals surface area contributed by atoms with Gasteiger partial charge in [-0.1, -0.05) is 0 Å². The largest absolute Gasteiger partial charge is 0.393 e. The summed E-state index contributed by atoms with van der Waals surface area (Å²) in [5, 5.41) is 0. The van der Waals surface area contributed by atoms with E-state index in [9.17, 15) is 30.7 Å². The van der Waals surface area contributed by atoms with Crippen LogP contribution in [0.25, 0.3) is 0 Å². The number of aromatic nitrogens is 1. The minimum Gasteiger partial charge on any atom is -0.366 e. The summed E-state index contributed by atoms with van der Waals surface area (Å²) < 4.78 is 90.7. The predicted molar refractivity (Wildman–Crippen MR) is 55.1 cm³/mol. The van der Waals surface area contributed by atoms with Gasteiger partial charge in [-0.2, -0.15) is 35.7 Å². The second kappa shape index (κ2) is 5.10. The number of piperidine rings is 1. The lowest BCUT2D eigenvalue weighted by Gasteiger charge is -2.35. The maximum Gasteiger partial charge on any atom is 0.393 e. The van der Waals surface area contributed by atoms with Crippen LogP contribution in [0.4, 0.5) is 36.4 Å². The Kier molecular flexibility index (Phi) is 3.79. The second-order valence-electron chi connectivity index (χ2n) is 4.50. The minimum absolute atomic E-state index is 0.00855. The van der Waals surface area contributed by atoms with E-state index in [-0.39, 0.29) is 19.4 Å². The summed E-state index contributed by atoms with van der Waals surface area (Å²) >= 11 is 0. The standard InChI is InChI=1S/C11H9F7N2/c12-6-8(7(13)10(15)19-9(6)14)20-3-1-2-5(4-20)11(16,17)18/h5H,1-4H2. The molecule has 1 saturated heterocycles. The van der Waals surface area contributed by atoms with Gasteiger partial charge in [0.15, 0.2) is 0 Å². The van der Waals surface area contributed by atoms with Crippen LogP contribution in [0.3, 0.4) is 0 Å². The third-order valence-electron chi connectivity index (χ3n) is 3.17. The zero-order valence-electron chi connectivity index (χ0n) is 9.95. The first kappa shape index (κ1) is 14.9. The number of pyridine rings is 1. The summed E-state index contributed by atoms with van der Waals surface area (Å²) in [6, 6.07) is 0. The molecular weight excluding hydrogens is 293 g/mol. The number of anilines is 1. The van der Waals surface area contributed by atoms with E-state index in [4.69, 9.17) is 0 Å². The predicted octanol–water partition coefficient (Wildman–Crippen LogP) is 3.42. The molecule has 1 atom stereocenters. The lowest BCUT2D eigenvalue weighted by Crippen LogP contribution is -2.42. The van der Waals surface area contributed by atoms with Gasteiger partial charge in [-0.3, -0.25) is 0 Å². The zero-order valence-corrected chi connectivity index (χ0v) is 9.95. The minimum atomic E-state index is -4.53. The molecule has 2 nitrogen and oxygen atoms in total. The first-order valence-corrected chi connectivity index (χ1v) is 5.73. The fraction of sp³-hybridized carbons (Fsp3) is 0.545. The van der Waals surface area contributed by atoms with Gasteiger partial charge >= 0.3 is 6.18 Å². The Morgan fingerprint density at radius 3 is 2.05 bits per heavy atom. The molecule has 20 heavy (non-hydrogen) atoms. The summed E-state index contributed by atoms with van der Waals surface area (Å²) in [5.74, 6) is -9.13. The van der Waals surface area contributed by atoms with Crippen LogP contribution in [0.15, 0.2) is 0 Å². The molecule has 1 aliphatic heterocycles. The zero-order chi connectivity index (χ0) is 15.1. The normalized spacial score (nSPS) is 20.4. The highest BCUT2D eigenvalue weighted by Gasteiger charge is 2.43. The Morgan fingerprint density at radius 1 is 1.00 bits per heavy atom. The smallest absolute Gasteiger partial charge is 0.366 e. The van der Waals surface area contributed by atoms with E-state index in [0.717, 1.165) is 0 Å². The molecule has 0 radical (unpaired) electrons. The first-order valence-electron chi connectivity index (χ1n) is 5.73. The molecule has 2 rings (SSSR count). The van der Waals surface area contributed by atoms with Crippen LogP contribution in [0.2, 0.25) is 0 Å². The highest BCUT2D eigenvalue weighted by Crippen LogP contribution is 2.36. The van der Waals surface area contributed by atoms with Gasteiger partial charge in [0.1, 0.15) is 5.69 Å². The number of hydrogen-bond donors (Lipinski definition) is 0. The van der Waals surface area contributed by atoms with E-state index in [1.807, 2.05) is 0 Å². The average Bonchev–Trinajstić information content (AvgIpc) is 2.36. The molecule has 0 aliphatic carbocycles. The fourth-order valence-corrected chi connectivity index (χ4v) is 2.20. The molecule has 0 spiro atoms. The van der Waals surface area contributed by atoms with Gasteiger partial charge < -0.3 is 4.90 Å². The van der Waals surface area contributed by atoms with E-state index < -0.39 is 47.9 Å². The van der Waals surface area contributed by atoms with Crippen LogP contribution < -0.4 is 4.90 Å². The van der Waals surface area contributed by atoms with Crippen LogP contribution in [-0.2, 0) is 0 Å². The van der Waals surface area contributed by atoms with Crippen LogP contribution in [-0.4, -0.2) is 24.2 Å². The topological polar surface area (TPSA) is 16.1 Å². The molecule has 1 aromatic heterocycles. The molecule has 0 amide bonds. The molecule has 0 N–H and O–H groups in total. The number of alkyl halides is 3. The third-order valence-corrected chi connectivity index (χ3v) is 3.17. The van der Waals surface area contributed by atoms with Gasteiger partial charge in [-0.05, 0) is 12.8 Å². The lowest BCUT2D eigenvalue weighted by atomic mass is 9.97. The maximum absolute atomic E-state index is 13.5. The Hall–Kier alpha value is -1.54. The van der Waals surface area contributed by atoms with Gasteiger partial charge in [-0.25, -0.2) is 0 Å². The van der Waals surface area contributed by atoms with Crippen molar-refractivity contribution >= 4 is 5.69 Å². The number of halogens is 7. The maximum atomic E-state index is 13.5. The van der Waals surface area contributed by atoms with Crippen molar-refractivity contribution in [3.63, 3.8) is 0 Å². The van der Waals surface area contributed by atoms with Crippen molar-refractivity contribution in [2.45, 2.75) is 19.0 Å². The number of rotatable bonds is 1. The number of nitrogens with zero attached hydrogens (tertiary/aromatic N) is 2. The van der Waals surface area contributed by atoms with Crippen molar-refractivity contribution in [2.24, 2.45) is 5.92 Å². The van der Waals surface area contributed by atoms with Crippen molar-refractivity contribution in [3.8, 4) is 0 Å². The van der Waals surface area contributed by atoms with Crippen molar-refractivity contribution in [3.05, 3.63) is 23.5 Å². The molecule has 1 aliphatic rings. The summed E-state index contributed by atoms with van der Waals surface area (Å²) in [5.41, 5.74) is -1.14. The van der Waals surface area contributed by atoms with E-state index in [1.165, 1.54) is 0 Å². The van der Waals surface area contributed by atoms with E-state index in [1.54, 1.807) is 0 Å². The van der Waals surface area contributed by atoms with Gasteiger partial charge in [-0.15, -0.1) is 0 Å². The van der Waals surface area contributed by atoms with Gasteiger partial charge in [0.25, 0.3) is 11.9 Å². The third kappa shape index (κ3) is 2.66. The SMILES string of the molecule is Fc1nc(F)c(F)c(N2CCCC(C(F)(F)F)C2)c1F. The Balaban J connectivity index is 2.37. The molecule has 0 bridgehead atoms. The van der Waals surface area contributed by atoms with Crippen molar-refractivity contribution < 1.29 is 30.7 Å². The molecule has 1 aromatic rings.